The van der Waals surface area contributed by atoms with E-state index in [4.69, 9.17) is 0 Å². The molecule has 6 nitrogen and oxygen atoms in total. The number of rotatable bonds is 3. The van der Waals surface area contributed by atoms with E-state index in [1.807, 2.05) is 4.90 Å². The van der Waals surface area contributed by atoms with E-state index in [9.17, 15) is 9.59 Å². The first-order chi connectivity index (χ1) is 12.1. The molecule has 2 aromatic heterocycles. The summed E-state index contributed by atoms with van der Waals surface area (Å²) in [4.78, 5) is 34.0. The van der Waals surface area contributed by atoms with Crippen molar-refractivity contribution in [2.24, 2.45) is 0 Å². The van der Waals surface area contributed by atoms with Gasteiger partial charge in [0.05, 0.1) is 11.7 Å². The van der Waals surface area contributed by atoms with Crippen molar-refractivity contribution in [3.63, 3.8) is 0 Å². The van der Waals surface area contributed by atoms with Gasteiger partial charge >= 0.3 is 0 Å². The molecule has 1 atom stereocenters. The third-order valence-electron chi connectivity index (χ3n) is 5.33. The molecule has 0 saturated carbocycles. The molecule has 1 aliphatic carbocycles. The van der Waals surface area contributed by atoms with Crippen LogP contribution in [-0.4, -0.2) is 46.0 Å². The summed E-state index contributed by atoms with van der Waals surface area (Å²) >= 11 is 1.66. The van der Waals surface area contributed by atoms with E-state index in [-0.39, 0.29) is 29.9 Å². The monoisotopic (exact) mass is 396 g/mol. The number of carbonyl (C=O) groups excluding carboxylic acids is 1. The second-order valence-corrected chi connectivity index (χ2v) is 8.11. The van der Waals surface area contributed by atoms with Gasteiger partial charge in [-0.15, -0.1) is 23.7 Å². The van der Waals surface area contributed by atoms with E-state index < -0.39 is 0 Å². The second-order valence-electron chi connectivity index (χ2n) is 7.02. The van der Waals surface area contributed by atoms with Gasteiger partial charge in [-0.25, -0.2) is 4.98 Å². The number of fused-ring (bicyclic) bond motifs is 3. The van der Waals surface area contributed by atoms with Gasteiger partial charge in [0, 0.05) is 43.5 Å². The number of hydrogen-bond acceptors (Lipinski definition) is 5. The number of halogens is 1. The lowest BCUT2D eigenvalue weighted by Crippen LogP contribution is -2.52. The maximum absolute atomic E-state index is 12.9. The van der Waals surface area contributed by atoms with Gasteiger partial charge in [-0.3, -0.25) is 14.2 Å². The minimum Gasteiger partial charge on any atom is -0.337 e. The van der Waals surface area contributed by atoms with Gasteiger partial charge in [0.25, 0.3) is 5.56 Å². The highest BCUT2D eigenvalue weighted by Gasteiger charge is 2.23. The van der Waals surface area contributed by atoms with Crippen LogP contribution in [0.1, 0.15) is 36.6 Å². The predicted molar refractivity (Wildman–Crippen MR) is 106 cm³/mol. The van der Waals surface area contributed by atoms with Gasteiger partial charge in [-0.05, 0) is 38.2 Å². The van der Waals surface area contributed by atoms with Gasteiger partial charge < -0.3 is 10.2 Å². The lowest BCUT2D eigenvalue weighted by molar-refractivity contribution is -0.134. The number of nitrogens with one attached hydrogen (secondary N) is 1. The molecule has 142 valence electrons. The molecule has 3 heterocycles. The fraction of sp³-hybridized carbons (Fsp3) is 0.611. The van der Waals surface area contributed by atoms with Gasteiger partial charge in [0.1, 0.15) is 4.83 Å². The van der Waals surface area contributed by atoms with Crippen LogP contribution < -0.4 is 10.9 Å². The normalized spacial score (nSPS) is 19.9. The van der Waals surface area contributed by atoms with Crippen molar-refractivity contribution in [2.45, 2.75) is 51.6 Å². The standard InChI is InChI=1S/C18H24N4O2S.ClH/c1-12-10-19-7-9-22(12)15(23)6-8-21-11-20-17-16(18(21)24)13-4-2-3-5-14(13)25-17;/h11-12,19H,2-10H2,1H3;1H/t12-;/m0./s1. The highest BCUT2D eigenvalue weighted by Crippen LogP contribution is 2.33. The van der Waals surface area contributed by atoms with E-state index in [0.717, 1.165) is 49.1 Å². The summed E-state index contributed by atoms with van der Waals surface area (Å²) in [7, 11) is 0. The maximum Gasteiger partial charge on any atom is 0.262 e. The second kappa shape index (κ2) is 8.06. The lowest BCUT2D eigenvalue weighted by atomic mass is 9.97. The fourth-order valence-corrected chi connectivity index (χ4v) is 5.13. The van der Waals surface area contributed by atoms with Crippen LogP contribution in [0.2, 0.25) is 0 Å². The summed E-state index contributed by atoms with van der Waals surface area (Å²) in [5, 5.41) is 4.09. The summed E-state index contributed by atoms with van der Waals surface area (Å²) in [5.41, 5.74) is 1.23. The smallest absolute Gasteiger partial charge is 0.262 e. The van der Waals surface area contributed by atoms with Crippen LogP contribution in [-0.2, 0) is 24.2 Å². The van der Waals surface area contributed by atoms with E-state index in [2.05, 4.69) is 17.2 Å². The van der Waals surface area contributed by atoms with E-state index in [1.54, 1.807) is 22.2 Å². The molecule has 2 aliphatic rings. The average molecular weight is 397 g/mol. The molecule has 1 fully saturated rings. The summed E-state index contributed by atoms with van der Waals surface area (Å²) in [5.74, 6) is 0.119. The molecule has 0 radical (unpaired) electrons. The Bertz CT molecular complexity index is 863. The zero-order chi connectivity index (χ0) is 17.4. The van der Waals surface area contributed by atoms with Crippen molar-refractivity contribution < 1.29 is 4.79 Å². The SMILES string of the molecule is C[C@H]1CNCCN1C(=O)CCn1cnc2sc3c(c2c1=O)CCCC3.Cl. The number of carbonyl (C=O) groups is 1. The Kier molecular flexibility index (Phi) is 5.99. The molecule has 0 unspecified atom stereocenters. The van der Waals surface area contributed by atoms with Crippen LogP contribution in [0.15, 0.2) is 11.1 Å². The number of hydrogen-bond donors (Lipinski definition) is 1. The minimum atomic E-state index is 0. The van der Waals surface area contributed by atoms with Crippen molar-refractivity contribution in [2.75, 3.05) is 19.6 Å². The molecular weight excluding hydrogens is 372 g/mol. The Morgan fingerprint density at radius 1 is 1.38 bits per heavy atom. The van der Waals surface area contributed by atoms with Crippen molar-refractivity contribution >= 4 is 39.9 Å². The Labute approximate surface area is 163 Å². The van der Waals surface area contributed by atoms with Gasteiger partial charge in [-0.1, -0.05) is 0 Å². The maximum atomic E-state index is 12.9. The third-order valence-corrected chi connectivity index (χ3v) is 6.53. The van der Waals surface area contributed by atoms with Crippen molar-refractivity contribution in [1.29, 1.82) is 0 Å². The zero-order valence-corrected chi connectivity index (χ0v) is 16.6. The van der Waals surface area contributed by atoms with Crippen molar-refractivity contribution in [3.8, 4) is 0 Å². The Morgan fingerprint density at radius 3 is 3.00 bits per heavy atom. The van der Waals surface area contributed by atoms with Crippen LogP contribution in [0.5, 0.6) is 0 Å². The van der Waals surface area contributed by atoms with E-state index in [1.165, 1.54) is 16.9 Å². The lowest BCUT2D eigenvalue weighted by Gasteiger charge is -2.34. The topological polar surface area (TPSA) is 67.2 Å². The van der Waals surface area contributed by atoms with Gasteiger partial charge in [0.2, 0.25) is 5.91 Å². The third kappa shape index (κ3) is 3.52. The number of aromatic nitrogens is 2. The molecule has 1 saturated heterocycles. The number of thiophene rings is 1. The van der Waals surface area contributed by atoms with Crippen LogP contribution in [0, 0.1) is 0 Å². The first-order valence-electron chi connectivity index (χ1n) is 9.15. The molecule has 8 heteroatoms. The molecule has 0 aromatic carbocycles. The van der Waals surface area contributed by atoms with Crippen molar-refractivity contribution in [1.82, 2.24) is 19.8 Å². The number of nitrogens with zero attached hydrogens (tertiary/aromatic N) is 3. The number of aryl methyl sites for hydroxylation is 3. The van der Waals surface area contributed by atoms with Crippen LogP contribution in [0.4, 0.5) is 0 Å². The Balaban J connectivity index is 0.00000196. The van der Waals surface area contributed by atoms with Gasteiger partial charge in [-0.2, -0.15) is 0 Å². The van der Waals surface area contributed by atoms with Gasteiger partial charge in [0.15, 0.2) is 0 Å². The number of piperazine rings is 1. The quantitative estimate of drug-likeness (QED) is 0.861. The minimum absolute atomic E-state index is 0. The molecule has 4 rings (SSSR count). The first kappa shape index (κ1) is 19.3. The molecular formula is C18H25ClN4O2S. The first-order valence-corrected chi connectivity index (χ1v) is 9.96. The van der Waals surface area contributed by atoms with Crippen molar-refractivity contribution in [3.05, 3.63) is 27.1 Å². The zero-order valence-electron chi connectivity index (χ0n) is 15.0. The molecule has 1 N–H and O–H groups in total. The highest BCUT2D eigenvalue weighted by molar-refractivity contribution is 7.18. The van der Waals surface area contributed by atoms with E-state index >= 15 is 0 Å². The Morgan fingerprint density at radius 2 is 2.19 bits per heavy atom. The summed E-state index contributed by atoms with van der Waals surface area (Å²) in [6.45, 7) is 4.87. The summed E-state index contributed by atoms with van der Waals surface area (Å²) in [6, 6.07) is 0.211. The van der Waals surface area contributed by atoms with Crippen LogP contribution in [0.25, 0.3) is 10.2 Å². The van der Waals surface area contributed by atoms with Crippen LogP contribution in [0.3, 0.4) is 0 Å². The predicted octanol–water partition coefficient (Wildman–Crippen LogP) is 1.97. The highest BCUT2D eigenvalue weighted by atomic mass is 35.5. The molecule has 0 bridgehead atoms. The largest absolute Gasteiger partial charge is 0.337 e. The molecule has 1 aliphatic heterocycles. The molecule has 1 amide bonds. The number of amides is 1. The summed E-state index contributed by atoms with van der Waals surface area (Å²) in [6.07, 6.45) is 6.35. The molecule has 2 aromatic rings. The van der Waals surface area contributed by atoms with E-state index in [0.29, 0.717) is 13.0 Å². The fourth-order valence-electron chi connectivity index (χ4n) is 3.91. The average Bonchev–Trinajstić information content (AvgIpc) is 3.00. The van der Waals surface area contributed by atoms with Crippen LogP contribution >= 0.6 is 23.7 Å². The molecule has 26 heavy (non-hydrogen) atoms. The summed E-state index contributed by atoms with van der Waals surface area (Å²) < 4.78 is 1.62. The molecule has 0 spiro atoms. The Hall–Kier alpha value is -1.44.